The van der Waals surface area contributed by atoms with Crippen molar-refractivity contribution < 1.29 is 13.2 Å². The van der Waals surface area contributed by atoms with Crippen LogP contribution in [0.1, 0.15) is 47.8 Å². The highest BCUT2D eigenvalue weighted by atomic mass is 32.2. The highest BCUT2D eigenvalue weighted by Crippen LogP contribution is 2.19. The first-order chi connectivity index (χ1) is 15.0. The highest BCUT2D eigenvalue weighted by Gasteiger charge is 2.23. The Morgan fingerprint density at radius 2 is 1.66 bits per heavy atom. The van der Waals surface area contributed by atoms with Gasteiger partial charge in [0.2, 0.25) is 10.0 Å². The minimum Gasteiger partial charge on any atom is -0.330 e. The van der Waals surface area contributed by atoms with Crippen molar-refractivity contribution in [3.05, 3.63) is 95.3 Å². The van der Waals surface area contributed by atoms with E-state index >= 15 is 0 Å². The molecule has 0 spiro atoms. The van der Waals surface area contributed by atoms with Crippen LogP contribution in [0.15, 0.2) is 78.0 Å². The van der Waals surface area contributed by atoms with Crippen molar-refractivity contribution in [3.8, 4) is 0 Å². The number of nitrogens with one attached hydrogen (secondary N) is 1. The van der Waals surface area contributed by atoms with Gasteiger partial charge in [-0.1, -0.05) is 30.3 Å². The van der Waals surface area contributed by atoms with Crippen LogP contribution in [0, 0.1) is 6.92 Å². The van der Waals surface area contributed by atoms with Gasteiger partial charge in [-0.15, -0.1) is 0 Å². The van der Waals surface area contributed by atoms with E-state index in [-0.39, 0.29) is 10.8 Å². The van der Waals surface area contributed by atoms with Crippen LogP contribution in [0.5, 0.6) is 0 Å². The molecule has 2 aromatic carbocycles. The van der Waals surface area contributed by atoms with Gasteiger partial charge in [0.05, 0.1) is 4.90 Å². The van der Waals surface area contributed by atoms with Crippen molar-refractivity contribution in [1.29, 1.82) is 0 Å². The SMILES string of the molecule is Cc1ccccc1CN(Cc1cccnc1)C(=O)c1ccc(S(=O)(=O)NC(C)(C)C)cc1. The number of hydrogen-bond donors (Lipinski definition) is 1. The molecule has 0 aliphatic heterocycles. The van der Waals surface area contributed by atoms with Gasteiger partial charge in [0, 0.05) is 36.6 Å². The van der Waals surface area contributed by atoms with Crippen LogP contribution in [0.25, 0.3) is 0 Å². The maximum atomic E-state index is 13.4. The molecule has 3 rings (SSSR count). The Balaban J connectivity index is 1.88. The minimum atomic E-state index is -3.67. The molecule has 0 unspecified atom stereocenters. The Bertz CT molecular complexity index is 1170. The zero-order valence-corrected chi connectivity index (χ0v) is 19.7. The van der Waals surface area contributed by atoms with E-state index in [0.29, 0.717) is 18.7 Å². The molecule has 0 aliphatic carbocycles. The van der Waals surface area contributed by atoms with E-state index in [1.165, 1.54) is 12.1 Å². The highest BCUT2D eigenvalue weighted by molar-refractivity contribution is 7.89. The fourth-order valence-corrected chi connectivity index (χ4v) is 4.74. The average molecular weight is 452 g/mol. The summed E-state index contributed by atoms with van der Waals surface area (Å²) in [5, 5.41) is 0. The molecule has 0 atom stereocenters. The van der Waals surface area contributed by atoms with Crippen molar-refractivity contribution in [1.82, 2.24) is 14.6 Å². The molecule has 0 radical (unpaired) electrons. The number of benzene rings is 2. The molecule has 168 valence electrons. The predicted octanol–water partition coefficient (Wildman–Crippen LogP) is 4.31. The van der Waals surface area contributed by atoms with Crippen LogP contribution < -0.4 is 4.72 Å². The van der Waals surface area contributed by atoms with Crippen molar-refractivity contribution in [2.45, 2.75) is 51.2 Å². The van der Waals surface area contributed by atoms with Gasteiger partial charge < -0.3 is 4.90 Å². The Labute approximate surface area is 190 Å². The second-order valence-electron chi connectivity index (χ2n) is 8.83. The van der Waals surface area contributed by atoms with E-state index in [0.717, 1.165) is 16.7 Å². The molecule has 7 heteroatoms. The van der Waals surface area contributed by atoms with Gasteiger partial charge in [0.15, 0.2) is 0 Å². The molecule has 1 heterocycles. The Hall–Kier alpha value is -3.03. The van der Waals surface area contributed by atoms with E-state index in [9.17, 15) is 13.2 Å². The third-order valence-corrected chi connectivity index (χ3v) is 6.63. The van der Waals surface area contributed by atoms with Crippen LogP contribution in [-0.2, 0) is 23.1 Å². The minimum absolute atomic E-state index is 0.127. The number of carbonyl (C=O) groups is 1. The quantitative estimate of drug-likeness (QED) is 0.581. The number of aromatic nitrogens is 1. The molecular formula is C25H29N3O3S. The summed E-state index contributed by atoms with van der Waals surface area (Å²) < 4.78 is 27.8. The lowest BCUT2D eigenvalue weighted by molar-refractivity contribution is 0.0729. The first-order valence-electron chi connectivity index (χ1n) is 10.4. The number of nitrogens with zero attached hydrogens (tertiary/aromatic N) is 2. The molecule has 0 saturated heterocycles. The van der Waals surface area contributed by atoms with E-state index in [2.05, 4.69) is 9.71 Å². The molecule has 0 fully saturated rings. The maximum absolute atomic E-state index is 13.4. The number of sulfonamides is 1. The molecule has 0 bridgehead atoms. The topological polar surface area (TPSA) is 79.4 Å². The lowest BCUT2D eigenvalue weighted by atomic mass is 10.1. The van der Waals surface area contributed by atoms with Gasteiger partial charge in [0.1, 0.15) is 0 Å². The first-order valence-corrected chi connectivity index (χ1v) is 11.9. The molecule has 1 amide bonds. The number of hydrogen-bond acceptors (Lipinski definition) is 4. The van der Waals surface area contributed by atoms with Crippen LogP contribution in [0.2, 0.25) is 0 Å². The Morgan fingerprint density at radius 1 is 0.969 bits per heavy atom. The number of amides is 1. The molecule has 1 aromatic heterocycles. The summed E-state index contributed by atoms with van der Waals surface area (Å²) >= 11 is 0. The molecule has 0 aliphatic rings. The number of pyridine rings is 1. The fourth-order valence-electron chi connectivity index (χ4n) is 3.33. The summed E-state index contributed by atoms with van der Waals surface area (Å²) in [5.41, 5.74) is 2.91. The average Bonchev–Trinajstić information content (AvgIpc) is 2.73. The van der Waals surface area contributed by atoms with Crippen molar-refractivity contribution >= 4 is 15.9 Å². The van der Waals surface area contributed by atoms with Gasteiger partial charge >= 0.3 is 0 Å². The fraction of sp³-hybridized carbons (Fsp3) is 0.280. The smallest absolute Gasteiger partial charge is 0.254 e. The summed E-state index contributed by atoms with van der Waals surface area (Å²) in [6.07, 6.45) is 3.44. The zero-order chi connectivity index (χ0) is 23.4. The molecular weight excluding hydrogens is 422 g/mol. The normalized spacial score (nSPS) is 11.9. The third-order valence-electron chi connectivity index (χ3n) is 4.86. The monoisotopic (exact) mass is 451 g/mol. The van der Waals surface area contributed by atoms with Crippen LogP contribution in [0.3, 0.4) is 0 Å². The second kappa shape index (κ2) is 9.63. The largest absolute Gasteiger partial charge is 0.330 e. The van der Waals surface area contributed by atoms with E-state index in [1.54, 1.807) is 50.2 Å². The second-order valence-corrected chi connectivity index (χ2v) is 10.5. The van der Waals surface area contributed by atoms with Crippen LogP contribution in [0.4, 0.5) is 0 Å². The molecule has 1 N–H and O–H groups in total. The Morgan fingerprint density at radius 3 is 2.25 bits per heavy atom. The number of aryl methyl sites for hydroxylation is 1. The summed E-state index contributed by atoms with van der Waals surface area (Å²) in [4.78, 5) is 19.4. The first kappa shape index (κ1) is 23.6. The summed E-state index contributed by atoms with van der Waals surface area (Å²) in [6, 6.07) is 17.8. The van der Waals surface area contributed by atoms with Gasteiger partial charge in [0.25, 0.3) is 5.91 Å². The summed E-state index contributed by atoms with van der Waals surface area (Å²) in [5.74, 6) is -0.176. The predicted molar refractivity (Wildman–Crippen MR) is 126 cm³/mol. The lowest BCUT2D eigenvalue weighted by Gasteiger charge is -2.24. The summed E-state index contributed by atoms with van der Waals surface area (Å²) in [6.45, 7) is 8.20. The molecule has 6 nitrogen and oxygen atoms in total. The molecule has 0 saturated carbocycles. The van der Waals surface area contributed by atoms with E-state index in [4.69, 9.17) is 0 Å². The third kappa shape index (κ3) is 6.24. The van der Waals surface area contributed by atoms with Crippen molar-refractivity contribution in [2.75, 3.05) is 0 Å². The van der Waals surface area contributed by atoms with Crippen LogP contribution >= 0.6 is 0 Å². The van der Waals surface area contributed by atoms with Crippen LogP contribution in [-0.4, -0.2) is 29.7 Å². The summed E-state index contributed by atoms with van der Waals surface area (Å²) in [7, 11) is -3.67. The van der Waals surface area contributed by atoms with Gasteiger partial charge in [-0.2, -0.15) is 0 Å². The number of carbonyl (C=O) groups excluding carboxylic acids is 1. The standard InChI is InChI=1S/C25H29N3O3S/c1-19-8-5-6-10-22(19)18-28(17-20-9-7-15-26-16-20)24(29)21-11-13-23(14-12-21)32(30,31)27-25(2,3)4/h5-16,27H,17-18H2,1-4H3. The Kier molecular flexibility index (Phi) is 7.11. The number of rotatable bonds is 7. The van der Waals surface area contributed by atoms with Gasteiger partial charge in [-0.05, 0) is 74.7 Å². The lowest BCUT2D eigenvalue weighted by Crippen LogP contribution is -2.40. The van der Waals surface area contributed by atoms with Crippen molar-refractivity contribution in [3.63, 3.8) is 0 Å². The van der Waals surface area contributed by atoms with E-state index < -0.39 is 15.6 Å². The van der Waals surface area contributed by atoms with Crippen molar-refractivity contribution in [2.24, 2.45) is 0 Å². The van der Waals surface area contributed by atoms with E-state index in [1.807, 2.05) is 43.3 Å². The van der Waals surface area contributed by atoms with Gasteiger partial charge in [-0.25, -0.2) is 13.1 Å². The van der Waals surface area contributed by atoms with Gasteiger partial charge in [-0.3, -0.25) is 9.78 Å². The molecule has 32 heavy (non-hydrogen) atoms. The zero-order valence-electron chi connectivity index (χ0n) is 18.9. The molecule has 3 aromatic rings. The maximum Gasteiger partial charge on any atom is 0.254 e.